The summed E-state index contributed by atoms with van der Waals surface area (Å²) in [6.45, 7) is 1.98. The van der Waals surface area contributed by atoms with Gasteiger partial charge in [-0.1, -0.05) is 15.9 Å². The maximum atomic E-state index is 6.95. The molecule has 0 fully saturated rings. The van der Waals surface area contributed by atoms with Crippen molar-refractivity contribution in [2.24, 2.45) is 5.11 Å². The van der Waals surface area contributed by atoms with E-state index in [1.54, 1.807) is 0 Å². The van der Waals surface area contributed by atoms with E-state index in [1.807, 2.05) is 26.1 Å². The van der Waals surface area contributed by atoms with Gasteiger partial charge in [0.15, 0.2) is 0 Å². The van der Waals surface area contributed by atoms with Crippen LogP contribution in [0, 0.1) is 12.5 Å². The van der Waals surface area contributed by atoms with Crippen LogP contribution in [0.5, 0.6) is 0 Å². The second-order valence-electron chi connectivity index (χ2n) is 2.48. The van der Waals surface area contributed by atoms with Crippen molar-refractivity contribution in [3.8, 4) is 0 Å². The summed E-state index contributed by atoms with van der Waals surface area (Å²) in [5.41, 5.74) is 9.59. The molecule has 0 atom stereocenters. The Hall–Kier alpha value is -0.900. The molecule has 0 aliphatic carbocycles. The van der Waals surface area contributed by atoms with E-state index >= 15 is 0 Å². The molecular weight excluding hydrogens is 218 g/mol. The summed E-state index contributed by atoms with van der Waals surface area (Å²) in [7, 11) is 1.82. The molecule has 1 aromatic carbocycles. The number of hydrogen-bond donors (Lipinski definition) is 2. The van der Waals surface area contributed by atoms with Gasteiger partial charge >= 0.3 is 0 Å². The normalized spacial score (nSPS) is 9.58. The number of benzene rings is 1. The lowest BCUT2D eigenvalue weighted by molar-refractivity contribution is 1.14. The molecule has 0 saturated carbocycles. The third kappa shape index (κ3) is 1.64. The molecule has 3 nitrogen and oxygen atoms in total. The Kier molecular flexibility index (Phi) is 2.81. The molecule has 0 saturated heterocycles. The summed E-state index contributed by atoms with van der Waals surface area (Å²) in [4.78, 5) is 0. The van der Waals surface area contributed by atoms with Gasteiger partial charge < -0.3 is 5.32 Å². The highest BCUT2D eigenvalue weighted by atomic mass is 79.9. The Morgan fingerprint density at radius 2 is 2.17 bits per heavy atom. The van der Waals surface area contributed by atoms with Crippen molar-refractivity contribution in [3.63, 3.8) is 0 Å². The number of hydrogen-bond acceptors (Lipinski definition) is 3. The Morgan fingerprint density at radius 3 is 2.67 bits per heavy atom. The molecule has 64 valence electrons. The van der Waals surface area contributed by atoms with Crippen LogP contribution in [0.15, 0.2) is 21.7 Å². The van der Waals surface area contributed by atoms with Gasteiger partial charge in [-0.05, 0) is 24.6 Å². The van der Waals surface area contributed by atoms with Gasteiger partial charge in [0.05, 0.1) is 5.69 Å². The van der Waals surface area contributed by atoms with Crippen molar-refractivity contribution in [2.75, 3.05) is 12.4 Å². The fourth-order valence-corrected chi connectivity index (χ4v) is 1.70. The van der Waals surface area contributed by atoms with Crippen molar-refractivity contribution < 1.29 is 0 Å². The fourth-order valence-electron chi connectivity index (χ4n) is 1.14. The van der Waals surface area contributed by atoms with Crippen LogP contribution in [0.1, 0.15) is 5.56 Å². The average Bonchev–Trinajstić information content (AvgIpc) is 2.03. The summed E-state index contributed by atoms with van der Waals surface area (Å²) in [5.74, 6) is 0. The van der Waals surface area contributed by atoms with Gasteiger partial charge in [-0.25, -0.2) is 5.53 Å². The molecule has 0 aliphatic rings. The second-order valence-corrected chi connectivity index (χ2v) is 3.39. The van der Waals surface area contributed by atoms with E-state index in [2.05, 4.69) is 26.4 Å². The van der Waals surface area contributed by atoms with Crippen LogP contribution in [0.3, 0.4) is 0 Å². The predicted molar refractivity (Wildman–Crippen MR) is 53.2 cm³/mol. The van der Waals surface area contributed by atoms with Crippen molar-refractivity contribution >= 4 is 27.3 Å². The molecule has 4 heteroatoms. The molecule has 0 aliphatic heterocycles. The lowest BCUT2D eigenvalue weighted by Gasteiger charge is -2.07. The predicted octanol–water partition coefficient (Wildman–Crippen LogP) is 3.46. The number of anilines is 1. The third-order valence-corrected chi connectivity index (χ3v) is 2.11. The molecule has 1 aromatic rings. The first-order valence-electron chi connectivity index (χ1n) is 3.54. The minimum Gasteiger partial charge on any atom is -0.386 e. The summed E-state index contributed by atoms with van der Waals surface area (Å²) in [6.07, 6.45) is 0. The van der Waals surface area contributed by atoms with Gasteiger partial charge in [0, 0.05) is 11.5 Å². The van der Waals surface area contributed by atoms with E-state index < -0.39 is 0 Å². The summed E-state index contributed by atoms with van der Waals surface area (Å²) in [5, 5.41) is 6.43. The van der Waals surface area contributed by atoms with Crippen molar-refractivity contribution in [1.29, 1.82) is 5.53 Å². The van der Waals surface area contributed by atoms with Gasteiger partial charge in [0.2, 0.25) is 0 Å². The highest BCUT2D eigenvalue weighted by molar-refractivity contribution is 9.10. The van der Waals surface area contributed by atoms with Crippen molar-refractivity contribution in [3.05, 3.63) is 22.2 Å². The molecule has 0 heterocycles. The minimum atomic E-state index is 0.657. The van der Waals surface area contributed by atoms with Crippen LogP contribution in [-0.4, -0.2) is 7.05 Å². The number of aryl methyl sites for hydroxylation is 1. The van der Waals surface area contributed by atoms with Gasteiger partial charge in [-0.2, -0.15) is 5.11 Å². The van der Waals surface area contributed by atoms with Gasteiger partial charge in [0.1, 0.15) is 5.69 Å². The quantitative estimate of drug-likeness (QED) is 0.748. The third-order valence-electron chi connectivity index (χ3n) is 1.65. The molecule has 12 heavy (non-hydrogen) atoms. The standard InChI is InChI=1S/C8H10BrN3/c1-5-3-6(9)4-7(12-10)8(5)11-2/h3-4,10-11H,1-2H3. The van der Waals surface area contributed by atoms with E-state index in [-0.39, 0.29) is 0 Å². The Balaban J connectivity index is 3.33. The first-order valence-corrected chi connectivity index (χ1v) is 4.33. The second kappa shape index (κ2) is 3.67. The Labute approximate surface area is 79.8 Å². The Bertz CT molecular complexity index is 309. The highest BCUT2D eigenvalue weighted by Crippen LogP contribution is 2.31. The molecule has 0 radical (unpaired) electrons. The maximum Gasteiger partial charge on any atom is 0.109 e. The average molecular weight is 228 g/mol. The maximum absolute atomic E-state index is 6.95. The van der Waals surface area contributed by atoms with Crippen LogP contribution in [0.2, 0.25) is 0 Å². The first-order chi connectivity index (χ1) is 5.69. The zero-order chi connectivity index (χ0) is 9.14. The summed E-state index contributed by atoms with van der Waals surface area (Å²) < 4.78 is 0.949. The fraction of sp³-hybridized carbons (Fsp3) is 0.250. The minimum absolute atomic E-state index is 0.657. The van der Waals surface area contributed by atoms with Gasteiger partial charge in [-0.15, -0.1) is 0 Å². The van der Waals surface area contributed by atoms with Crippen LogP contribution >= 0.6 is 15.9 Å². The molecule has 2 N–H and O–H groups in total. The van der Waals surface area contributed by atoms with Crippen molar-refractivity contribution in [1.82, 2.24) is 0 Å². The van der Waals surface area contributed by atoms with E-state index in [4.69, 9.17) is 5.53 Å². The van der Waals surface area contributed by atoms with Crippen LogP contribution < -0.4 is 5.32 Å². The van der Waals surface area contributed by atoms with Crippen LogP contribution in [-0.2, 0) is 0 Å². The SMILES string of the molecule is CNc1c(C)cc(Br)cc1N=N. The molecule has 0 aromatic heterocycles. The van der Waals surface area contributed by atoms with E-state index in [0.29, 0.717) is 5.69 Å². The summed E-state index contributed by atoms with van der Waals surface area (Å²) >= 11 is 3.35. The van der Waals surface area contributed by atoms with E-state index in [0.717, 1.165) is 15.7 Å². The zero-order valence-corrected chi connectivity index (χ0v) is 8.57. The van der Waals surface area contributed by atoms with Crippen molar-refractivity contribution in [2.45, 2.75) is 6.92 Å². The zero-order valence-electron chi connectivity index (χ0n) is 6.98. The lowest BCUT2D eigenvalue weighted by atomic mass is 10.2. The van der Waals surface area contributed by atoms with Crippen LogP contribution in [0.4, 0.5) is 11.4 Å². The molecule has 1 rings (SSSR count). The molecule has 0 spiro atoms. The molecule has 0 amide bonds. The van der Waals surface area contributed by atoms with Gasteiger partial charge in [0.25, 0.3) is 0 Å². The van der Waals surface area contributed by atoms with E-state index in [9.17, 15) is 0 Å². The van der Waals surface area contributed by atoms with E-state index in [1.165, 1.54) is 0 Å². The molecular formula is C8H10BrN3. The topological polar surface area (TPSA) is 48.2 Å². The van der Waals surface area contributed by atoms with Crippen LogP contribution in [0.25, 0.3) is 0 Å². The lowest BCUT2D eigenvalue weighted by Crippen LogP contribution is -1.91. The van der Waals surface area contributed by atoms with Gasteiger partial charge in [-0.3, -0.25) is 0 Å². The smallest absolute Gasteiger partial charge is 0.109 e. The largest absolute Gasteiger partial charge is 0.386 e. The number of nitrogens with one attached hydrogen (secondary N) is 2. The molecule has 0 unspecified atom stereocenters. The summed E-state index contributed by atoms with van der Waals surface area (Å²) in [6, 6.07) is 3.80. The number of halogens is 1. The number of nitrogens with zero attached hydrogens (tertiary/aromatic N) is 1. The Morgan fingerprint density at radius 1 is 1.50 bits per heavy atom. The number of rotatable bonds is 2. The monoisotopic (exact) mass is 227 g/mol. The first kappa shape index (κ1) is 9.19. The highest BCUT2D eigenvalue weighted by Gasteiger charge is 2.04. The molecule has 0 bridgehead atoms.